The fourth-order valence-electron chi connectivity index (χ4n) is 3.30. The number of thiazole rings is 1. The lowest BCUT2D eigenvalue weighted by atomic mass is 9.90. The first kappa shape index (κ1) is 16.5. The summed E-state index contributed by atoms with van der Waals surface area (Å²) < 4.78 is 0. The van der Waals surface area contributed by atoms with Gasteiger partial charge in [0.05, 0.1) is 11.3 Å². The number of benzene rings is 1. The van der Waals surface area contributed by atoms with Gasteiger partial charge in [-0.3, -0.25) is 4.79 Å². The van der Waals surface area contributed by atoms with E-state index in [4.69, 9.17) is 4.98 Å². The minimum atomic E-state index is -0.0318. The number of fused-ring (bicyclic) bond motifs is 3. The van der Waals surface area contributed by atoms with E-state index >= 15 is 0 Å². The number of rotatable bonds is 4. The number of anilines is 1. The maximum atomic E-state index is 12.2. The molecule has 3 aromatic rings. The molecule has 0 atom stereocenters. The summed E-state index contributed by atoms with van der Waals surface area (Å²) in [6, 6.07) is 6.50. The van der Waals surface area contributed by atoms with Crippen molar-refractivity contribution >= 4 is 45.0 Å². The lowest BCUT2D eigenvalue weighted by Gasteiger charge is -2.21. The average molecular weight is 370 g/mol. The fourth-order valence-corrected chi connectivity index (χ4v) is 4.75. The van der Waals surface area contributed by atoms with Crippen molar-refractivity contribution < 1.29 is 4.79 Å². The van der Waals surface area contributed by atoms with E-state index in [2.05, 4.69) is 35.4 Å². The molecule has 1 aliphatic rings. The third-order valence-electron chi connectivity index (χ3n) is 4.44. The summed E-state index contributed by atoms with van der Waals surface area (Å²) >= 11 is 2.97. The second kappa shape index (κ2) is 7.14. The fraction of sp³-hybridized carbons (Fsp3) is 0.316. The van der Waals surface area contributed by atoms with Crippen molar-refractivity contribution in [2.75, 3.05) is 11.1 Å². The highest BCUT2D eigenvalue weighted by molar-refractivity contribution is 8.00. The molecule has 1 aliphatic carbocycles. The molecule has 0 aliphatic heterocycles. The number of pyridine rings is 1. The number of carbonyl (C=O) groups excluding carboxylic acids is 1. The zero-order valence-corrected chi connectivity index (χ0v) is 15.7. The SMILES string of the molecule is Cc1ccc2c3c(c(SCC(=O)Nc4nccs4)nc2c1)CCCC3. The molecule has 0 radical (unpaired) electrons. The van der Waals surface area contributed by atoms with Gasteiger partial charge in [0, 0.05) is 17.0 Å². The molecule has 0 spiro atoms. The van der Waals surface area contributed by atoms with E-state index < -0.39 is 0 Å². The molecule has 2 aromatic heterocycles. The Balaban J connectivity index is 1.61. The van der Waals surface area contributed by atoms with Gasteiger partial charge in [0.25, 0.3) is 0 Å². The number of carbonyl (C=O) groups is 1. The van der Waals surface area contributed by atoms with Crippen LogP contribution in [0.5, 0.6) is 0 Å². The maximum Gasteiger partial charge on any atom is 0.236 e. The first-order valence-electron chi connectivity index (χ1n) is 8.45. The minimum Gasteiger partial charge on any atom is -0.301 e. The third kappa shape index (κ3) is 3.55. The monoisotopic (exact) mass is 369 g/mol. The quantitative estimate of drug-likeness (QED) is 0.682. The van der Waals surface area contributed by atoms with E-state index in [-0.39, 0.29) is 5.91 Å². The van der Waals surface area contributed by atoms with Crippen LogP contribution in [0.2, 0.25) is 0 Å². The number of amides is 1. The molecule has 1 N–H and O–H groups in total. The van der Waals surface area contributed by atoms with E-state index in [1.165, 1.54) is 58.0 Å². The Morgan fingerprint density at radius 3 is 2.92 bits per heavy atom. The second-order valence-corrected chi connectivity index (χ2v) is 8.13. The Hall–Kier alpha value is -1.92. The largest absolute Gasteiger partial charge is 0.301 e. The van der Waals surface area contributed by atoms with Crippen LogP contribution in [0.3, 0.4) is 0 Å². The van der Waals surface area contributed by atoms with Crippen molar-refractivity contribution in [3.8, 4) is 0 Å². The summed E-state index contributed by atoms with van der Waals surface area (Å²) in [5.41, 5.74) is 5.03. The molecule has 1 amide bonds. The van der Waals surface area contributed by atoms with Crippen LogP contribution in [0, 0.1) is 6.92 Å². The van der Waals surface area contributed by atoms with Crippen molar-refractivity contribution in [3.05, 3.63) is 46.5 Å². The number of hydrogen-bond donors (Lipinski definition) is 1. The Labute approximate surface area is 155 Å². The van der Waals surface area contributed by atoms with Crippen molar-refractivity contribution in [1.29, 1.82) is 0 Å². The zero-order chi connectivity index (χ0) is 17.2. The van der Waals surface area contributed by atoms with Gasteiger partial charge in [-0.15, -0.1) is 11.3 Å². The highest BCUT2D eigenvalue weighted by atomic mass is 32.2. The van der Waals surface area contributed by atoms with Gasteiger partial charge < -0.3 is 5.32 Å². The summed E-state index contributed by atoms with van der Waals surface area (Å²) in [5, 5.41) is 7.63. The molecule has 0 fully saturated rings. The average Bonchev–Trinajstić information content (AvgIpc) is 3.12. The summed E-state index contributed by atoms with van der Waals surface area (Å²) in [5.74, 6) is 0.326. The molecule has 4 rings (SSSR count). The van der Waals surface area contributed by atoms with Crippen LogP contribution in [0.1, 0.15) is 29.5 Å². The van der Waals surface area contributed by atoms with E-state index in [1.54, 1.807) is 6.20 Å². The summed E-state index contributed by atoms with van der Waals surface area (Å²) in [6.45, 7) is 2.09. The van der Waals surface area contributed by atoms with Gasteiger partial charge in [-0.2, -0.15) is 0 Å². The Morgan fingerprint density at radius 2 is 2.12 bits per heavy atom. The Bertz CT molecular complexity index is 922. The summed E-state index contributed by atoms with van der Waals surface area (Å²) in [4.78, 5) is 21.2. The van der Waals surface area contributed by atoms with Gasteiger partial charge in [-0.05, 0) is 55.4 Å². The molecule has 25 heavy (non-hydrogen) atoms. The van der Waals surface area contributed by atoms with E-state index in [0.29, 0.717) is 10.9 Å². The zero-order valence-electron chi connectivity index (χ0n) is 14.0. The van der Waals surface area contributed by atoms with Gasteiger partial charge in [0.2, 0.25) is 5.91 Å². The maximum absolute atomic E-state index is 12.2. The molecule has 0 unspecified atom stereocenters. The van der Waals surface area contributed by atoms with Crippen LogP contribution in [-0.2, 0) is 17.6 Å². The van der Waals surface area contributed by atoms with Crippen molar-refractivity contribution in [2.24, 2.45) is 0 Å². The lowest BCUT2D eigenvalue weighted by Crippen LogP contribution is -2.15. The standard InChI is InChI=1S/C19H19N3OS2/c1-12-6-7-14-13-4-2-3-5-15(13)18(21-16(14)10-12)25-11-17(23)22-19-20-8-9-24-19/h6-10H,2-5,11H2,1H3,(H,20,22,23). The molecule has 0 saturated carbocycles. The molecule has 1 aromatic carbocycles. The molecule has 2 heterocycles. The van der Waals surface area contributed by atoms with Crippen LogP contribution >= 0.6 is 23.1 Å². The van der Waals surface area contributed by atoms with Crippen molar-refractivity contribution in [3.63, 3.8) is 0 Å². The molecule has 0 saturated heterocycles. The number of thioether (sulfide) groups is 1. The first-order valence-corrected chi connectivity index (χ1v) is 10.3. The molecule has 0 bridgehead atoms. The highest BCUT2D eigenvalue weighted by Crippen LogP contribution is 2.35. The second-order valence-electron chi connectivity index (χ2n) is 6.28. The van der Waals surface area contributed by atoms with Gasteiger partial charge in [0.15, 0.2) is 5.13 Å². The normalized spacial score (nSPS) is 13.6. The van der Waals surface area contributed by atoms with Crippen LogP contribution < -0.4 is 5.32 Å². The summed E-state index contributed by atoms with van der Waals surface area (Å²) in [6.07, 6.45) is 6.29. The first-order chi connectivity index (χ1) is 12.2. The topological polar surface area (TPSA) is 54.9 Å². The molecular weight excluding hydrogens is 350 g/mol. The molecule has 4 nitrogen and oxygen atoms in total. The smallest absolute Gasteiger partial charge is 0.236 e. The number of aryl methyl sites for hydroxylation is 2. The van der Waals surface area contributed by atoms with Crippen LogP contribution in [-0.4, -0.2) is 21.6 Å². The van der Waals surface area contributed by atoms with Gasteiger partial charge in [-0.1, -0.05) is 23.9 Å². The van der Waals surface area contributed by atoms with Gasteiger partial charge in [-0.25, -0.2) is 9.97 Å². The molecular formula is C19H19N3OS2. The highest BCUT2D eigenvalue weighted by Gasteiger charge is 2.19. The third-order valence-corrected chi connectivity index (χ3v) is 6.15. The van der Waals surface area contributed by atoms with Crippen LogP contribution in [0.4, 0.5) is 5.13 Å². The molecule has 6 heteroatoms. The van der Waals surface area contributed by atoms with Gasteiger partial charge in [0.1, 0.15) is 5.03 Å². The Kier molecular flexibility index (Phi) is 4.72. The predicted molar refractivity (Wildman–Crippen MR) is 105 cm³/mol. The van der Waals surface area contributed by atoms with Crippen molar-refractivity contribution in [1.82, 2.24) is 9.97 Å². The number of nitrogens with zero attached hydrogens (tertiary/aromatic N) is 2. The predicted octanol–water partition coefficient (Wildman–Crippen LogP) is 4.61. The van der Waals surface area contributed by atoms with Crippen LogP contribution in [0.15, 0.2) is 34.8 Å². The Morgan fingerprint density at radius 1 is 1.28 bits per heavy atom. The van der Waals surface area contributed by atoms with E-state index in [1.807, 2.05) is 5.38 Å². The van der Waals surface area contributed by atoms with Crippen molar-refractivity contribution in [2.45, 2.75) is 37.6 Å². The number of aromatic nitrogens is 2. The lowest BCUT2D eigenvalue weighted by molar-refractivity contribution is -0.113. The minimum absolute atomic E-state index is 0.0318. The summed E-state index contributed by atoms with van der Waals surface area (Å²) in [7, 11) is 0. The number of hydrogen-bond acceptors (Lipinski definition) is 5. The molecule has 128 valence electrons. The van der Waals surface area contributed by atoms with Crippen LogP contribution in [0.25, 0.3) is 10.9 Å². The van der Waals surface area contributed by atoms with E-state index in [9.17, 15) is 4.79 Å². The van der Waals surface area contributed by atoms with E-state index in [0.717, 1.165) is 23.4 Å². The number of nitrogens with one attached hydrogen (secondary N) is 1. The van der Waals surface area contributed by atoms with Gasteiger partial charge >= 0.3 is 0 Å².